The zero-order chi connectivity index (χ0) is 20.8. The first kappa shape index (κ1) is 21.2. The molecule has 1 aromatic heterocycles. The molecule has 0 unspecified atom stereocenters. The number of para-hydroxylation sites is 1. The number of aryl methyl sites for hydroxylation is 2. The summed E-state index contributed by atoms with van der Waals surface area (Å²) in [7, 11) is 0. The zero-order valence-electron chi connectivity index (χ0n) is 16.5. The van der Waals surface area contributed by atoms with Gasteiger partial charge in [0.05, 0.1) is 0 Å². The normalized spacial score (nSPS) is 11.7. The Morgan fingerprint density at radius 2 is 1.52 bits per heavy atom. The molecule has 0 atom stereocenters. The van der Waals surface area contributed by atoms with E-state index in [2.05, 4.69) is 53.3 Å². The Bertz CT molecular complexity index is 1010. The summed E-state index contributed by atoms with van der Waals surface area (Å²) in [6.45, 7) is 4.26. The number of hydrogen-bond donors (Lipinski definition) is 2. The van der Waals surface area contributed by atoms with Crippen molar-refractivity contribution in [1.82, 2.24) is 0 Å². The summed E-state index contributed by atoms with van der Waals surface area (Å²) in [5, 5.41) is 14.6. The van der Waals surface area contributed by atoms with E-state index in [1.165, 1.54) is 11.1 Å². The third-order valence-corrected chi connectivity index (χ3v) is 5.59. The van der Waals surface area contributed by atoms with E-state index in [-0.39, 0.29) is 5.76 Å². The van der Waals surface area contributed by atoms with Gasteiger partial charge in [0.2, 0.25) is 0 Å². The second-order valence-corrected chi connectivity index (χ2v) is 7.92. The van der Waals surface area contributed by atoms with E-state index in [0.29, 0.717) is 16.2 Å². The Balaban J connectivity index is 2.10. The molecular formula is C24H24BrN2OS+. The minimum atomic E-state index is 0.123. The van der Waals surface area contributed by atoms with E-state index in [1.807, 2.05) is 59.4 Å². The number of rotatable bonds is 6. The number of aliphatic hydroxyl groups is 1. The number of pyridine rings is 1. The van der Waals surface area contributed by atoms with Crippen LogP contribution in [0.15, 0.2) is 77.5 Å². The highest BCUT2D eigenvalue weighted by molar-refractivity contribution is 9.10. The lowest BCUT2D eigenvalue weighted by molar-refractivity contribution is -0.575. The van der Waals surface area contributed by atoms with Gasteiger partial charge in [0.15, 0.2) is 23.1 Å². The number of aliphatic hydroxyl groups excluding tert-OH is 1. The van der Waals surface area contributed by atoms with Gasteiger partial charge < -0.3 is 10.4 Å². The van der Waals surface area contributed by atoms with E-state index in [0.717, 1.165) is 23.0 Å². The highest BCUT2D eigenvalue weighted by Crippen LogP contribution is 2.25. The molecule has 0 saturated heterocycles. The van der Waals surface area contributed by atoms with Crippen molar-refractivity contribution in [1.29, 1.82) is 0 Å². The van der Waals surface area contributed by atoms with Crippen molar-refractivity contribution in [2.75, 3.05) is 5.32 Å². The standard InChI is InChI=1S/C24H23BrN2OS/c1-3-17-9-8-10-18(4-2)21(17)26-24(29)22(27-15-6-5-7-16-27)23(28)19-11-13-20(25)14-12-19/h5-16H,3-4H2,1-2H3,(H-,26,28,29)/p+1. The Hall–Kier alpha value is -2.50. The number of hydrogen-bond acceptors (Lipinski definition) is 2. The predicted molar refractivity (Wildman–Crippen MR) is 128 cm³/mol. The Labute approximate surface area is 185 Å². The fourth-order valence-electron chi connectivity index (χ4n) is 3.22. The van der Waals surface area contributed by atoms with Crippen molar-refractivity contribution in [2.24, 2.45) is 0 Å². The molecular weight excluding hydrogens is 444 g/mol. The smallest absolute Gasteiger partial charge is 0.288 e. The van der Waals surface area contributed by atoms with Crippen LogP contribution in [0, 0.1) is 0 Å². The molecule has 0 fully saturated rings. The third-order valence-electron chi connectivity index (χ3n) is 4.77. The van der Waals surface area contributed by atoms with Gasteiger partial charge in [0.1, 0.15) is 0 Å². The fourth-order valence-corrected chi connectivity index (χ4v) is 3.78. The summed E-state index contributed by atoms with van der Waals surface area (Å²) >= 11 is 9.24. The quantitative estimate of drug-likeness (QED) is 0.196. The van der Waals surface area contributed by atoms with Gasteiger partial charge in [-0.2, -0.15) is 4.57 Å². The molecule has 0 radical (unpaired) electrons. The lowest BCUT2D eigenvalue weighted by atomic mass is 10.0. The second kappa shape index (κ2) is 9.81. The van der Waals surface area contributed by atoms with E-state index < -0.39 is 0 Å². The SMILES string of the molecule is CCc1cccc(CC)c1NC(=S)/C(=C(\O)c1ccc(Br)cc1)[n+]1ccccc1. The zero-order valence-corrected chi connectivity index (χ0v) is 18.9. The van der Waals surface area contributed by atoms with E-state index >= 15 is 0 Å². The maximum atomic E-state index is 11.1. The fraction of sp³-hybridized carbons (Fsp3) is 0.167. The van der Waals surface area contributed by atoms with Crippen molar-refractivity contribution >= 4 is 50.3 Å². The number of aromatic nitrogens is 1. The van der Waals surface area contributed by atoms with Crippen LogP contribution < -0.4 is 9.88 Å². The molecule has 3 aromatic rings. The first-order valence-electron chi connectivity index (χ1n) is 9.63. The number of halogens is 1. The minimum absolute atomic E-state index is 0.123. The predicted octanol–water partition coefficient (Wildman–Crippen LogP) is 6.18. The highest BCUT2D eigenvalue weighted by atomic mass is 79.9. The van der Waals surface area contributed by atoms with Gasteiger partial charge in [-0.3, -0.25) is 0 Å². The van der Waals surface area contributed by atoms with Crippen LogP contribution in [-0.2, 0) is 12.8 Å². The number of thiocarbonyl (C=S) groups is 1. The largest absolute Gasteiger partial charge is 0.502 e. The van der Waals surface area contributed by atoms with Crippen LogP contribution in [0.4, 0.5) is 5.69 Å². The highest BCUT2D eigenvalue weighted by Gasteiger charge is 2.24. The number of nitrogens with one attached hydrogen (secondary N) is 1. The second-order valence-electron chi connectivity index (χ2n) is 6.60. The molecule has 0 amide bonds. The molecule has 5 heteroatoms. The van der Waals surface area contributed by atoms with Crippen molar-refractivity contribution in [3.63, 3.8) is 0 Å². The Morgan fingerprint density at radius 3 is 2.07 bits per heavy atom. The van der Waals surface area contributed by atoms with Gasteiger partial charge in [0.25, 0.3) is 5.70 Å². The Morgan fingerprint density at radius 1 is 0.931 bits per heavy atom. The monoisotopic (exact) mass is 467 g/mol. The van der Waals surface area contributed by atoms with Crippen LogP contribution in [-0.4, -0.2) is 10.1 Å². The van der Waals surface area contributed by atoms with Crippen LogP contribution in [0.5, 0.6) is 0 Å². The summed E-state index contributed by atoms with van der Waals surface area (Å²) in [6, 6.07) is 19.6. The molecule has 0 aliphatic carbocycles. The summed E-state index contributed by atoms with van der Waals surface area (Å²) < 4.78 is 2.79. The molecule has 0 spiro atoms. The lowest BCUT2D eigenvalue weighted by Crippen LogP contribution is -2.38. The number of benzene rings is 2. The Kier molecular flexibility index (Phi) is 7.18. The summed E-state index contributed by atoms with van der Waals surface area (Å²) in [5.74, 6) is 0.123. The van der Waals surface area contributed by atoms with Gasteiger partial charge in [-0.05, 0) is 48.2 Å². The molecule has 3 nitrogen and oxygen atoms in total. The summed E-state index contributed by atoms with van der Waals surface area (Å²) in [4.78, 5) is 0.470. The first-order valence-corrected chi connectivity index (χ1v) is 10.8. The van der Waals surface area contributed by atoms with Crippen LogP contribution >= 0.6 is 28.1 Å². The van der Waals surface area contributed by atoms with Crippen LogP contribution in [0.1, 0.15) is 30.5 Å². The van der Waals surface area contributed by atoms with Crippen LogP contribution in [0.2, 0.25) is 0 Å². The van der Waals surface area contributed by atoms with Crippen LogP contribution in [0.3, 0.4) is 0 Å². The molecule has 0 bridgehead atoms. The lowest BCUT2D eigenvalue weighted by Gasteiger charge is -2.16. The van der Waals surface area contributed by atoms with E-state index in [9.17, 15) is 5.11 Å². The van der Waals surface area contributed by atoms with Gasteiger partial charge in [-0.1, -0.05) is 66.3 Å². The average Bonchev–Trinajstić information content (AvgIpc) is 2.75. The average molecular weight is 468 g/mol. The van der Waals surface area contributed by atoms with E-state index in [4.69, 9.17) is 12.2 Å². The molecule has 1 heterocycles. The van der Waals surface area contributed by atoms with Gasteiger partial charge >= 0.3 is 0 Å². The van der Waals surface area contributed by atoms with Crippen molar-refractivity contribution in [2.45, 2.75) is 26.7 Å². The maximum absolute atomic E-state index is 11.1. The molecule has 0 aliphatic heterocycles. The first-order chi connectivity index (χ1) is 14.0. The molecule has 148 valence electrons. The van der Waals surface area contributed by atoms with Crippen molar-refractivity contribution < 1.29 is 9.67 Å². The minimum Gasteiger partial charge on any atom is -0.502 e. The van der Waals surface area contributed by atoms with E-state index in [1.54, 1.807) is 0 Å². The molecule has 2 N–H and O–H groups in total. The van der Waals surface area contributed by atoms with Crippen LogP contribution in [0.25, 0.3) is 11.5 Å². The third kappa shape index (κ3) is 4.92. The van der Waals surface area contributed by atoms with Gasteiger partial charge in [-0.25, -0.2) is 0 Å². The molecule has 0 saturated carbocycles. The topological polar surface area (TPSA) is 36.1 Å². The molecule has 0 aliphatic rings. The number of anilines is 1. The van der Waals surface area contributed by atoms with Gasteiger partial charge in [-0.15, -0.1) is 0 Å². The summed E-state index contributed by atoms with van der Waals surface area (Å²) in [6.07, 6.45) is 5.56. The van der Waals surface area contributed by atoms with Gasteiger partial charge in [0, 0.05) is 27.9 Å². The summed E-state index contributed by atoms with van der Waals surface area (Å²) in [5.41, 5.74) is 4.67. The maximum Gasteiger partial charge on any atom is 0.288 e. The number of nitrogens with zero attached hydrogens (tertiary/aromatic N) is 1. The van der Waals surface area contributed by atoms with Crippen molar-refractivity contribution in [3.8, 4) is 0 Å². The molecule has 3 rings (SSSR count). The van der Waals surface area contributed by atoms with Crippen molar-refractivity contribution in [3.05, 3.63) is 94.2 Å². The molecule has 29 heavy (non-hydrogen) atoms. The molecule has 2 aromatic carbocycles.